The minimum absolute atomic E-state index is 0. The van der Waals surface area contributed by atoms with E-state index < -0.39 is 23.9 Å². The standard InChI is InChI=1S/C28H28F3N3O2S.C19H20BrN3O2S.C17H19N3OS.C2HF3O2.CHI3.CH2I2.CH2I.ClH.V/c29-28(30,31)20-14-12-19(13-15-20)6-4-11-25(35)33-17-16-24-23(18-33)26(36)34(21-7-2-1-3-8-21)27(32-24)37-22-9-5-10-22;20-11-17(24)22-10-9-16-15(12-22)18(25)23(13-5-2-1-3-6-13)19(21-16)26-14-7-4-8-14;21-16-14-11-18-10-9-15(14)19-17(22-13-7-4-8-13)20(16)12-5-2-1-3-6-12;3-2(4,5)1(6)7;2-1(3)4;2-1-3;1-2;;/h1-3,7-8,12-15,22H,4-6,9-11,16-18H2;1-3,5-6,14H,4,7-12H2;1-3,5-6,13,18H,4,7-11H2;(H,6,7);1H;1H2;1H2;1H;/q;;;;;;-1;;. The van der Waals surface area contributed by atoms with Crippen molar-refractivity contribution in [1.29, 1.82) is 0 Å². The molecule has 13 rings (SSSR count). The van der Waals surface area contributed by atoms with E-state index in [2.05, 4.69) is 139 Å². The summed E-state index contributed by atoms with van der Waals surface area (Å²) < 4.78 is 77.1. The number of hydrogen-bond donors (Lipinski definition) is 2. The van der Waals surface area contributed by atoms with Crippen LogP contribution in [0.5, 0.6) is 0 Å². The Morgan fingerprint density at radius 2 is 0.922 bits per heavy atom. The Hall–Kier alpha value is -1.75. The Bertz CT molecular complexity index is 4050. The van der Waals surface area contributed by atoms with Crippen LogP contribution in [0.2, 0.25) is 0 Å². The number of nitrogens with one attached hydrogen (secondary N) is 1. The first kappa shape index (κ1) is 91.9. The van der Waals surface area contributed by atoms with Gasteiger partial charge in [0.1, 0.15) is -0.0619 Å². The van der Waals surface area contributed by atoms with Crippen LogP contribution >= 0.6 is 199 Å². The first-order valence-corrected chi connectivity index (χ1v) is 44.2. The number of thioether (sulfide) groups is 3. The quantitative estimate of drug-likeness (QED) is 0.0343. The van der Waals surface area contributed by atoms with Crippen molar-refractivity contribution < 1.29 is 64.4 Å². The molecule has 3 aliphatic carbocycles. The Kier molecular flexibility index (Phi) is 41.2. The number of carbonyl (C=O) groups excluding carboxylic acids is 2. The van der Waals surface area contributed by atoms with Gasteiger partial charge in [-0.25, -0.2) is 19.7 Å². The smallest absolute Gasteiger partial charge is 0.475 e. The van der Waals surface area contributed by atoms with Crippen molar-refractivity contribution in [1.82, 2.24) is 43.8 Å². The normalized spacial score (nSPS) is 15.1. The Morgan fingerprint density at radius 3 is 1.24 bits per heavy atom. The van der Waals surface area contributed by atoms with Crippen molar-refractivity contribution in [2.24, 2.45) is 0 Å². The molecule has 34 heteroatoms. The monoisotopic (exact) mass is 2280 g/mol. The molecule has 16 nitrogen and oxygen atoms in total. The Morgan fingerprint density at radius 1 is 0.583 bits per heavy atom. The maximum Gasteiger partial charge on any atom is 0.490 e. The first-order valence-electron chi connectivity index (χ1n) is 32.1. The number of carboxylic acids is 1. The van der Waals surface area contributed by atoms with Gasteiger partial charge >= 0.3 is 18.3 Å². The van der Waals surface area contributed by atoms with E-state index in [1.807, 2.05) is 114 Å². The average Bonchev–Trinajstić information content (AvgIpc) is 0.780. The molecule has 0 saturated heterocycles. The molecule has 2 amide bonds. The van der Waals surface area contributed by atoms with E-state index >= 15 is 0 Å². The van der Waals surface area contributed by atoms with Crippen molar-refractivity contribution in [2.75, 3.05) is 27.4 Å². The summed E-state index contributed by atoms with van der Waals surface area (Å²) >= 11 is 21.8. The number of alkyl halides is 12. The topological polar surface area (TPSA) is 195 Å². The van der Waals surface area contributed by atoms with Crippen LogP contribution in [0.4, 0.5) is 26.3 Å². The molecule has 0 bridgehead atoms. The van der Waals surface area contributed by atoms with Crippen molar-refractivity contribution in [3.05, 3.63) is 196 Å². The van der Waals surface area contributed by atoms with Crippen molar-refractivity contribution >= 4 is 217 Å². The third kappa shape index (κ3) is 27.6. The molecule has 0 spiro atoms. The van der Waals surface area contributed by atoms with Crippen LogP contribution in [-0.2, 0) is 84.4 Å². The minimum Gasteiger partial charge on any atom is -0.475 e. The van der Waals surface area contributed by atoms with Crippen molar-refractivity contribution in [2.45, 2.75) is 159 Å². The van der Waals surface area contributed by atoms with Crippen molar-refractivity contribution in [3.63, 3.8) is 0 Å². The largest absolute Gasteiger partial charge is 0.490 e. The molecule has 3 fully saturated rings. The molecular weight excluding hydrogens is 2200 g/mol. The van der Waals surface area contributed by atoms with Gasteiger partial charge in [0.2, 0.25) is 11.8 Å². The van der Waals surface area contributed by atoms with Gasteiger partial charge in [0.25, 0.3) is 16.7 Å². The number of fused-ring (bicyclic) bond motifs is 3. The first-order chi connectivity index (χ1) is 48.4. The molecule has 559 valence electrons. The molecule has 0 unspecified atom stereocenters. The molecule has 3 saturated carbocycles. The van der Waals surface area contributed by atoms with Gasteiger partial charge in [-0.2, -0.15) is 26.3 Å². The second-order valence-electron chi connectivity index (χ2n) is 23.3. The average molecular weight is 2280 g/mol. The number of carbonyl (C=O) groups is 3. The molecule has 0 atom stereocenters. The number of carboxylic acid groups (broad SMARTS) is 1. The number of amides is 2. The summed E-state index contributed by atoms with van der Waals surface area (Å²) in [5, 5.41) is 14.7. The molecule has 3 aliphatic heterocycles. The number of benzene rings is 4. The van der Waals surface area contributed by atoms with Crippen molar-refractivity contribution in [3.8, 4) is 17.1 Å². The number of aryl methyl sites for hydroxylation is 1. The van der Waals surface area contributed by atoms with Crippen LogP contribution in [-0.4, -0.2) is 111 Å². The summed E-state index contributed by atoms with van der Waals surface area (Å²) in [6.07, 6.45) is 4.70. The summed E-state index contributed by atoms with van der Waals surface area (Å²) in [6, 6.07) is 34.1. The number of aromatic nitrogens is 6. The second-order valence-corrected chi connectivity index (χ2v) is 43.0. The van der Waals surface area contributed by atoms with Crippen LogP contribution in [0.1, 0.15) is 116 Å². The molecule has 103 heavy (non-hydrogen) atoms. The van der Waals surface area contributed by atoms with E-state index in [0.717, 1.165) is 98.6 Å². The van der Waals surface area contributed by atoms with Crippen LogP contribution in [0.3, 0.4) is 0 Å². The zero-order valence-electron chi connectivity index (χ0n) is 55.2. The van der Waals surface area contributed by atoms with E-state index in [9.17, 15) is 50.3 Å². The zero-order chi connectivity index (χ0) is 73.4. The zero-order valence-corrected chi connectivity index (χ0v) is 74.4. The van der Waals surface area contributed by atoms with Gasteiger partial charge in [0.05, 0.1) is 77.3 Å². The molecule has 6 heterocycles. The Labute approximate surface area is 716 Å². The third-order valence-electron chi connectivity index (χ3n) is 16.7. The number of halogens is 14. The van der Waals surface area contributed by atoms with Gasteiger partial charge in [-0.15, -0.1) is 12.4 Å². The van der Waals surface area contributed by atoms with Gasteiger partial charge in [0, 0.05) is 86.2 Å². The number of hydrogen-bond acceptors (Lipinski definition) is 13. The molecular formula is C69H74BrClF6I6N9O7S3V-. The molecule has 7 aromatic rings. The van der Waals surface area contributed by atoms with E-state index in [1.54, 1.807) is 58.8 Å². The van der Waals surface area contributed by atoms with E-state index in [0.29, 0.717) is 78.7 Å². The van der Waals surface area contributed by atoms with Gasteiger partial charge < -0.3 is 42.8 Å². The van der Waals surface area contributed by atoms with Crippen LogP contribution in [0.15, 0.2) is 145 Å². The van der Waals surface area contributed by atoms with Crippen LogP contribution in [0, 0.1) is 4.93 Å². The SMILES string of the molecule is Cl.IC(I)I.ICI.O=C(CBr)N1CCc2nc(SC3CCC3)n(-c3ccccc3)c(=O)c2C1.O=C(CCCc1ccc(C(F)(F)F)cc1)N1CCc2nc(SC3CCC3)n(-c3ccccc3)c(=O)c2C1.O=C(O)C(F)(F)F.O=c1c2c(nc(SC3CCC3)n1-c1ccccc1)CCNC2.[CH2-]I.[V]. The fourth-order valence-electron chi connectivity index (χ4n) is 10.8. The van der Waals surface area contributed by atoms with Gasteiger partial charge in [-0.1, -0.05) is 250 Å². The summed E-state index contributed by atoms with van der Waals surface area (Å²) in [6.45, 7) is 3.22. The number of aliphatic carboxylic acids is 1. The maximum absolute atomic E-state index is 13.7. The summed E-state index contributed by atoms with van der Waals surface area (Å²) in [5.41, 5.74) is 7.15. The van der Waals surface area contributed by atoms with E-state index in [1.165, 1.54) is 59.5 Å². The van der Waals surface area contributed by atoms with Gasteiger partial charge in [0.15, 0.2) is 15.5 Å². The number of rotatable bonds is 14. The van der Waals surface area contributed by atoms with Crippen LogP contribution in [0.25, 0.3) is 17.1 Å². The number of para-hydroxylation sites is 3. The summed E-state index contributed by atoms with van der Waals surface area (Å²) in [4.78, 5) is 95.2. The molecule has 4 aromatic carbocycles. The molecule has 6 aliphatic rings. The van der Waals surface area contributed by atoms with Crippen LogP contribution < -0.4 is 22.0 Å². The fourth-order valence-corrected chi connectivity index (χ4v) is 15.2. The predicted molar refractivity (Wildman–Crippen MR) is 451 cm³/mol. The molecule has 2 N–H and O–H groups in total. The minimum atomic E-state index is -5.08. The van der Waals surface area contributed by atoms with E-state index in [-0.39, 0.29) is 77.8 Å². The Balaban J connectivity index is 0.000000255. The maximum atomic E-state index is 13.7. The fraction of sp³-hybridized carbons (Fsp3) is 0.420. The molecule has 3 aromatic heterocycles. The molecule has 1 radical (unpaired) electrons. The van der Waals surface area contributed by atoms with Gasteiger partial charge in [-0.05, 0) is 105 Å². The summed E-state index contributed by atoms with van der Waals surface area (Å²) in [5.74, 6) is -2.81. The predicted octanol–water partition coefficient (Wildman–Crippen LogP) is 18.1. The third-order valence-corrected chi connectivity index (χ3v) is 21.0. The van der Waals surface area contributed by atoms with Gasteiger partial charge in [-0.3, -0.25) is 42.6 Å². The second kappa shape index (κ2) is 46.2. The van der Waals surface area contributed by atoms with E-state index in [4.69, 9.17) is 24.9 Å². The number of nitrogens with zero attached hydrogens (tertiary/aromatic N) is 8. The summed E-state index contributed by atoms with van der Waals surface area (Å²) in [7, 11) is 0.